The minimum atomic E-state index is -0.541. The van der Waals surface area contributed by atoms with Gasteiger partial charge in [-0.1, -0.05) is 20.3 Å². The predicted molar refractivity (Wildman–Crippen MR) is 90.6 cm³/mol. The van der Waals surface area contributed by atoms with Gasteiger partial charge in [0.05, 0.1) is 20.3 Å². The van der Waals surface area contributed by atoms with E-state index in [9.17, 15) is 4.79 Å². The first-order valence-corrected chi connectivity index (χ1v) is 7.21. The number of amides is 1. The Morgan fingerprint density at radius 1 is 1.33 bits per heavy atom. The first-order chi connectivity index (χ1) is 9.44. The molecule has 0 saturated carbocycles. The van der Waals surface area contributed by atoms with E-state index in [0.717, 1.165) is 6.42 Å². The standard InChI is InChI=1S/C14H21BrN2O3.ClH/c1-5-8(2)13(16)14(18)17-9-6-10(19-3)12(15)11(7-9)20-4;/h6-8,13H,5,16H2,1-4H3,(H,17,18);1H. The number of carbonyl (C=O) groups is 1. The zero-order valence-corrected chi connectivity index (χ0v) is 15.0. The van der Waals surface area contributed by atoms with Crippen molar-refractivity contribution in [1.82, 2.24) is 0 Å². The van der Waals surface area contributed by atoms with Gasteiger partial charge in [-0.25, -0.2) is 0 Å². The van der Waals surface area contributed by atoms with Crippen molar-refractivity contribution in [3.63, 3.8) is 0 Å². The van der Waals surface area contributed by atoms with Crippen LogP contribution in [-0.4, -0.2) is 26.2 Å². The summed E-state index contributed by atoms with van der Waals surface area (Å²) in [6, 6.07) is 2.89. The molecule has 1 amide bonds. The van der Waals surface area contributed by atoms with Gasteiger partial charge < -0.3 is 20.5 Å². The van der Waals surface area contributed by atoms with E-state index in [4.69, 9.17) is 15.2 Å². The number of methoxy groups -OCH3 is 2. The van der Waals surface area contributed by atoms with Crippen LogP contribution in [0.25, 0.3) is 0 Å². The number of carbonyl (C=O) groups excluding carboxylic acids is 1. The lowest BCUT2D eigenvalue weighted by Gasteiger charge is -2.18. The monoisotopic (exact) mass is 380 g/mol. The lowest BCUT2D eigenvalue weighted by Crippen LogP contribution is -2.40. The largest absolute Gasteiger partial charge is 0.495 e. The van der Waals surface area contributed by atoms with Crippen molar-refractivity contribution in [3.05, 3.63) is 16.6 Å². The Kier molecular flexibility index (Phi) is 8.70. The second-order valence-corrected chi connectivity index (χ2v) is 5.39. The molecule has 0 aromatic heterocycles. The van der Waals surface area contributed by atoms with E-state index in [2.05, 4.69) is 21.2 Å². The quantitative estimate of drug-likeness (QED) is 0.793. The third-order valence-electron chi connectivity index (χ3n) is 3.27. The minimum Gasteiger partial charge on any atom is -0.495 e. The third-order valence-corrected chi connectivity index (χ3v) is 4.05. The van der Waals surface area contributed by atoms with Crippen LogP contribution in [-0.2, 0) is 4.79 Å². The molecule has 0 spiro atoms. The van der Waals surface area contributed by atoms with Crippen LogP contribution in [0.15, 0.2) is 16.6 Å². The maximum Gasteiger partial charge on any atom is 0.241 e. The molecule has 0 radical (unpaired) electrons. The Labute approximate surface area is 140 Å². The molecule has 2 unspecified atom stereocenters. The summed E-state index contributed by atoms with van der Waals surface area (Å²) >= 11 is 3.38. The molecule has 0 bridgehead atoms. The molecular weight excluding hydrogens is 360 g/mol. The maximum atomic E-state index is 12.1. The molecule has 0 fully saturated rings. The molecule has 0 aliphatic rings. The number of nitrogens with two attached hydrogens (primary N) is 1. The van der Waals surface area contributed by atoms with Crippen LogP contribution in [0.5, 0.6) is 11.5 Å². The van der Waals surface area contributed by atoms with E-state index in [1.807, 2.05) is 13.8 Å². The molecule has 21 heavy (non-hydrogen) atoms. The number of hydrogen-bond donors (Lipinski definition) is 2. The average molecular weight is 382 g/mol. The summed E-state index contributed by atoms with van der Waals surface area (Å²) in [5.74, 6) is 1.06. The highest BCUT2D eigenvalue weighted by Crippen LogP contribution is 2.37. The van der Waals surface area contributed by atoms with E-state index in [0.29, 0.717) is 21.7 Å². The van der Waals surface area contributed by atoms with Crippen LogP contribution < -0.4 is 20.5 Å². The van der Waals surface area contributed by atoms with Crippen molar-refractivity contribution in [2.45, 2.75) is 26.3 Å². The summed E-state index contributed by atoms with van der Waals surface area (Å²) in [4.78, 5) is 12.1. The average Bonchev–Trinajstić information content (AvgIpc) is 2.46. The van der Waals surface area contributed by atoms with Crippen LogP contribution >= 0.6 is 28.3 Å². The molecule has 5 nitrogen and oxygen atoms in total. The number of benzene rings is 1. The summed E-state index contributed by atoms with van der Waals surface area (Å²) < 4.78 is 11.2. The Morgan fingerprint density at radius 3 is 2.19 bits per heavy atom. The smallest absolute Gasteiger partial charge is 0.241 e. The first-order valence-electron chi connectivity index (χ1n) is 6.42. The number of hydrogen-bond acceptors (Lipinski definition) is 4. The summed E-state index contributed by atoms with van der Waals surface area (Å²) in [5, 5.41) is 2.79. The van der Waals surface area contributed by atoms with E-state index in [-0.39, 0.29) is 24.2 Å². The minimum absolute atomic E-state index is 0. The van der Waals surface area contributed by atoms with Gasteiger partial charge in [0.1, 0.15) is 16.0 Å². The summed E-state index contributed by atoms with van der Waals surface area (Å²) in [6.45, 7) is 3.95. The molecule has 0 aliphatic carbocycles. The third kappa shape index (κ3) is 5.05. The second-order valence-electron chi connectivity index (χ2n) is 4.60. The van der Waals surface area contributed by atoms with Crippen molar-refractivity contribution in [1.29, 1.82) is 0 Å². The van der Waals surface area contributed by atoms with E-state index < -0.39 is 6.04 Å². The van der Waals surface area contributed by atoms with E-state index in [1.165, 1.54) is 0 Å². The zero-order chi connectivity index (χ0) is 15.3. The molecule has 1 aromatic carbocycles. The molecule has 0 heterocycles. The number of halogens is 2. The van der Waals surface area contributed by atoms with Gasteiger partial charge in [0, 0.05) is 17.8 Å². The normalized spacial score (nSPS) is 12.9. The lowest BCUT2D eigenvalue weighted by atomic mass is 9.99. The Morgan fingerprint density at radius 2 is 1.81 bits per heavy atom. The fourth-order valence-electron chi connectivity index (χ4n) is 1.68. The Hall–Kier alpha value is -0.980. The maximum absolute atomic E-state index is 12.1. The van der Waals surface area contributed by atoms with Crippen molar-refractivity contribution >= 4 is 39.9 Å². The zero-order valence-electron chi connectivity index (χ0n) is 12.6. The molecule has 3 N–H and O–H groups in total. The fraction of sp³-hybridized carbons (Fsp3) is 0.500. The van der Waals surface area contributed by atoms with E-state index in [1.54, 1.807) is 26.4 Å². The fourth-order valence-corrected chi connectivity index (χ4v) is 2.23. The molecule has 0 aliphatic heterocycles. The highest BCUT2D eigenvalue weighted by molar-refractivity contribution is 9.10. The van der Waals surface area contributed by atoms with Gasteiger partial charge >= 0.3 is 0 Å². The van der Waals surface area contributed by atoms with Crippen molar-refractivity contribution in [2.24, 2.45) is 11.7 Å². The van der Waals surface area contributed by atoms with Crippen LogP contribution in [0.1, 0.15) is 20.3 Å². The molecule has 1 aromatic rings. The second kappa shape index (κ2) is 9.12. The molecule has 0 saturated heterocycles. The number of rotatable bonds is 6. The molecule has 1 rings (SSSR count). The van der Waals surface area contributed by atoms with Gasteiger partial charge in [-0.05, 0) is 21.8 Å². The molecule has 120 valence electrons. The Balaban J connectivity index is 0.00000400. The van der Waals surface area contributed by atoms with Gasteiger partial charge in [-0.2, -0.15) is 0 Å². The van der Waals surface area contributed by atoms with Crippen LogP contribution in [0.3, 0.4) is 0 Å². The van der Waals surface area contributed by atoms with Crippen molar-refractivity contribution in [2.75, 3.05) is 19.5 Å². The number of ether oxygens (including phenoxy) is 2. The first kappa shape index (κ1) is 20.0. The SMILES string of the molecule is CCC(C)C(N)C(=O)Nc1cc(OC)c(Br)c(OC)c1.Cl. The molecule has 7 heteroatoms. The van der Waals surface area contributed by atoms with Crippen LogP contribution in [0, 0.1) is 5.92 Å². The molecular formula is C14H22BrClN2O3. The summed E-state index contributed by atoms with van der Waals surface area (Å²) in [5.41, 5.74) is 6.49. The highest BCUT2D eigenvalue weighted by Gasteiger charge is 2.20. The Bertz CT molecular complexity index is 460. The van der Waals surface area contributed by atoms with Gasteiger partial charge in [0.15, 0.2) is 0 Å². The van der Waals surface area contributed by atoms with Crippen LogP contribution in [0.4, 0.5) is 5.69 Å². The van der Waals surface area contributed by atoms with Crippen LogP contribution in [0.2, 0.25) is 0 Å². The van der Waals surface area contributed by atoms with Gasteiger partial charge in [-0.15, -0.1) is 12.4 Å². The highest BCUT2D eigenvalue weighted by atomic mass is 79.9. The van der Waals surface area contributed by atoms with Gasteiger partial charge in [-0.3, -0.25) is 4.79 Å². The van der Waals surface area contributed by atoms with Gasteiger partial charge in [0.25, 0.3) is 0 Å². The molecule has 2 atom stereocenters. The number of nitrogens with one attached hydrogen (secondary N) is 1. The summed E-state index contributed by atoms with van der Waals surface area (Å²) in [7, 11) is 3.10. The topological polar surface area (TPSA) is 73.6 Å². The van der Waals surface area contributed by atoms with Crippen molar-refractivity contribution < 1.29 is 14.3 Å². The summed E-state index contributed by atoms with van der Waals surface area (Å²) in [6.07, 6.45) is 0.849. The van der Waals surface area contributed by atoms with E-state index >= 15 is 0 Å². The number of anilines is 1. The van der Waals surface area contributed by atoms with Crippen molar-refractivity contribution in [3.8, 4) is 11.5 Å². The predicted octanol–water partition coefficient (Wildman–Crippen LogP) is 3.20. The lowest BCUT2D eigenvalue weighted by molar-refractivity contribution is -0.118. The van der Waals surface area contributed by atoms with Gasteiger partial charge in [0.2, 0.25) is 5.91 Å².